The number of hydrogen-bond donors (Lipinski definition) is 1. The van der Waals surface area contributed by atoms with E-state index >= 15 is 0 Å². The smallest absolute Gasteiger partial charge is 0.130 e. The minimum atomic E-state index is -0.0792. The van der Waals surface area contributed by atoms with Crippen molar-refractivity contribution in [2.75, 3.05) is 13.2 Å². The molecule has 0 amide bonds. The number of benzene rings is 1. The van der Waals surface area contributed by atoms with Crippen LogP contribution in [0.15, 0.2) is 76.3 Å². The maximum Gasteiger partial charge on any atom is 0.130 e. The van der Waals surface area contributed by atoms with Crippen LogP contribution in [0.3, 0.4) is 0 Å². The third kappa shape index (κ3) is 5.46. The molecule has 1 aromatic carbocycles. The Morgan fingerprint density at radius 2 is 2.07 bits per heavy atom. The zero-order chi connectivity index (χ0) is 19.1. The Labute approximate surface area is 160 Å². The number of aliphatic hydroxyl groups is 1. The Morgan fingerprint density at radius 3 is 2.81 bits per heavy atom. The van der Waals surface area contributed by atoms with Gasteiger partial charge in [0.05, 0.1) is 12.7 Å². The first-order valence-corrected chi connectivity index (χ1v) is 9.20. The van der Waals surface area contributed by atoms with Crippen LogP contribution in [-0.4, -0.2) is 24.4 Å². The van der Waals surface area contributed by atoms with Crippen molar-refractivity contribution in [3.8, 4) is 5.75 Å². The summed E-state index contributed by atoms with van der Waals surface area (Å²) < 4.78 is 17.2. The van der Waals surface area contributed by atoms with Crippen molar-refractivity contribution in [3.63, 3.8) is 0 Å². The highest BCUT2D eigenvalue weighted by molar-refractivity contribution is 5.47. The molecular formula is C23H26O4. The summed E-state index contributed by atoms with van der Waals surface area (Å²) in [6.45, 7) is 7.25. The molecule has 2 heterocycles. The van der Waals surface area contributed by atoms with Crippen LogP contribution in [0, 0.1) is 0 Å². The SMILES string of the molecule is C=C(COc1ccccc1)C1=CCOC1CC/C(C)=C/c1ccc(CO)o1. The standard InChI is InChI=1S/C23H26O4/c1-17(14-20-9-10-21(15-24)27-20)8-11-23-22(12-13-25-23)18(2)16-26-19-6-4-3-5-7-19/h3-7,9-10,12,14,23-24H,2,8,11,13,15-16H2,1H3/b17-14+. The molecule has 0 saturated heterocycles. The van der Waals surface area contributed by atoms with E-state index < -0.39 is 0 Å². The van der Waals surface area contributed by atoms with Gasteiger partial charge in [0.1, 0.15) is 30.5 Å². The minimum absolute atomic E-state index is 0.0461. The lowest BCUT2D eigenvalue weighted by atomic mass is 9.98. The molecule has 1 unspecified atom stereocenters. The van der Waals surface area contributed by atoms with Gasteiger partial charge in [-0.15, -0.1) is 0 Å². The average molecular weight is 366 g/mol. The summed E-state index contributed by atoms with van der Waals surface area (Å²) in [5.41, 5.74) is 3.30. The number of allylic oxidation sites excluding steroid dienone is 1. The molecule has 1 atom stereocenters. The van der Waals surface area contributed by atoms with Gasteiger partial charge in [0, 0.05) is 0 Å². The van der Waals surface area contributed by atoms with E-state index in [0.29, 0.717) is 19.0 Å². The van der Waals surface area contributed by atoms with Gasteiger partial charge in [-0.3, -0.25) is 0 Å². The van der Waals surface area contributed by atoms with Crippen LogP contribution < -0.4 is 4.74 Å². The molecule has 1 N–H and O–H groups in total. The molecule has 0 fully saturated rings. The first-order chi connectivity index (χ1) is 13.2. The highest BCUT2D eigenvalue weighted by atomic mass is 16.5. The van der Waals surface area contributed by atoms with E-state index in [2.05, 4.69) is 19.6 Å². The van der Waals surface area contributed by atoms with Crippen LogP contribution in [0.4, 0.5) is 0 Å². The zero-order valence-electron chi connectivity index (χ0n) is 15.7. The molecule has 3 rings (SSSR count). The summed E-state index contributed by atoms with van der Waals surface area (Å²) in [6.07, 6.45) is 5.92. The molecule has 1 aliphatic heterocycles. The first-order valence-electron chi connectivity index (χ1n) is 9.20. The van der Waals surface area contributed by atoms with Crippen molar-refractivity contribution in [2.45, 2.75) is 32.5 Å². The lowest BCUT2D eigenvalue weighted by Crippen LogP contribution is -2.14. The van der Waals surface area contributed by atoms with Crippen LogP contribution in [0.5, 0.6) is 5.75 Å². The maximum absolute atomic E-state index is 9.07. The summed E-state index contributed by atoms with van der Waals surface area (Å²) in [5, 5.41) is 9.07. The Morgan fingerprint density at radius 1 is 1.26 bits per heavy atom. The van der Waals surface area contributed by atoms with Gasteiger partial charge in [-0.05, 0) is 61.3 Å². The van der Waals surface area contributed by atoms with Crippen LogP contribution in [0.25, 0.3) is 6.08 Å². The second kappa shape index (κ2) is 9.40. The molecule has 0 radical (unpaired) electrons. The molecule has 4 heteroatoms. The average Bonchev–Trinajstić information content (AvgIpc) is 3.34. The molecule has 0 spiro atoms. The van der Waals surface area contributed by atoms with E-state index in [4.69, 9.17) is 19.0 Å². The van der Waals surface area contributed by atoms with Gasteiger partial charge in [-0.2, -0.15) is 0 Å². The van der Waals surface area contributed by atoms with Crippen molar-refractivity contribution in [1.82, 2.24) is 0 Å². The summed E-state index contributed by atoms with van der Waals surface area (Å²) >= 11 is 0. The van der Waals surface area contributed by atoms with Gasteiger partial charge in [0.25, 0.3) is 0 Å². The predicted molar refractivity (Wildman–Crippen MR) is 106 cm³/mol. The highest BCUT2D eigenvalue weighted by Gasteiger charge is 2.22. The number of hydrogen-bond acceptors (Lipinski definition) is 4. The van der Waals surface area contributed by atoms with E-state index in [-0.39, 0.29) is 12.7 Å². The van der Waals surface area contributed by atoms with E-state index in [1.807, 2.05) is 42.5 Å². The maximum atomic E-state index is 9.07. The van der Waals surface area contributed by atoms with Gasteiger partial charge in [-0.1, -0.05) is 36.4 Å². The molecule has 142 valence electrons. The van der Waals surface area contributed by atoms with Crippen molar-refractivity contribution < 1.29 is 19.0 Å². The molecule has 1 aliphatic rings. The number of rotatable bonds is 9. The lowest BCUT2D eigenvalue weighted by Gasteiger charge is -2.17. The van der Waals surface area contributed by atoms with Crippen LogP contribution in [0.1, 0.15) is 31.3 Å². The predicted octanol–water partition coefficient (Wildman–Crippen LogP) is 4.92. The van der Waals surface area contributed by atoms with Gasteiger partial charge >= 0.3 is 0 Å². The minimum Gasteiger partial charge on any atom is -0.489 e. The fraction of sp³-hybridized carbons (Fsp3) is 0.304. The van der Waals surface area contributed by atoms with Crippen molar-refractivity contribution >= 4 is 6.08 Å². The summed E-state index contributed by atoms with van der Waals surface area (Å²) in [4.78, 5) is 0. The summed E-state index contributed by atoms with van der Waals surface area (Å²) in [7, 11) is 0. The Hall–Kier alpha value is -2.56. The van der Waals surface area contributed by atoms with Gasteiger partial charge < -0.3 is 19.0 Å². The second-order valence-corrected chi connectivity index (χ2v) is 6.68. The van der Waals surface area contributed by atoms with Crippen molar-refractivity contribution in [3.05, 3.63) is 83.4 Å². The van der Waals surface area contributed by atoms with Gasteiger partial charge in [0.15, 0.2) is 0 Å². The Kier molecular flexibility index (Phi) is 6.69. The lowest BCUT2D eigenvalue weighted by molar-refractivity contribution is 0.116. The van der Waals surface area contributed by atoms with Crippen molar-refractivity contribution in [1.29, 1.82) is 0 Å². The van der Waals surface area contributed by atoms with Crippen LogP contribution in [0.2, 0.25) is 0 Å². The van der Waals surface area contributed by atoms with Crippen molar-refractivity contribution in [2.24, 2.45) is 0 Å². The number of ether oxygens (including phenoxy) is 2. The molecule has 0 bridgehead atoms. The number of furan rings is 1. The van der Waals surface area contributed by atoms with E-state index in [1.165, 1.54) is 5.57 Å². The summed E-state index contributed by atoms with van der Waals surface area (Å²) in [6, 6.07) is 13.4. The second-order valence-electron chi connectivity index (χ2n) is 6.68. The monoisotopic (exact) mass is 366 g/mol. The largest absolute Gasteiger partial charge is 0.489 e. The third-order valence-corrected chi connectivity index (χ3v) is 4.54. The molecule has 4 nitrogen and oxygen atoms in total. The first kappa shape index (κ1) is 19.2. The molecule has 2 aromatic rings. The van der Waals surface area contributed by atoms with Crippen LogP contribution in [-0.2, 0) is 11.3 Å². The van der Waals surface area contributed by atoms with Crippen LogP contribution >= 0.6 is 0 Å². The molecule has 0 saturated carbocycles. The fourth-order valence-corrected chi connectivity index (χ4v) is 3.09. The fourth-order valence-electron chi connectivity index (χ4n) is 3.09. The Balaban J connectivity index is 1.50. The van der Waals surface area contributed by atoms with E-state index in [9.17, 15) is 0 Å². The third-order valence-electron chi connectivity index (χ3n) is 4.54. The molecule has 1 aromatic heterocycles. The summed E-state index contributed by atoms with van der Waals surface area (Å²) in [5.74, 6) is 2.18. The normalized spacial score (nSPS) is 17.0. The van der Waals surface area contributed by atoms with Gasteiger partial charge in [-0.25, -0.2) is 0 Å². The van der Waals surface area contributed by atoms with E-state index in [0.717, 1.165) is 35.5 Å². The molecular weight excluding hydrogens is 340 g/mol. The molecule has 27 heavy (non-hydrogen) atoms. The van der Waals surface area contributed by atoms with Gasteiger partial charge in [0.2, 0.25) is 0 Å². The number of aliphatic hydroxyl groups excluding tert-OH is 1. The van der Waals surface area contributed by atoms with E-state index in [1.54, 1.807) is 6.07 Å². The Bertz CT molecular complexity index is 814. The molecule has 0 aliphatic carbocycles. The highest BCUT2D eigenvalue weighted by Crippen LogP contribution is 2.27. The quantitative estimate of drug-likeness (QED) is 0.685. The number of para-hydroxylation sites is 1. The topological polar surface area (TPSA) is 51.8 Å². The zero-order valence-corrected chi connectivity index (χ0v) is 15.7.